The van der Waals surface area contributed by atoms with Gasteiger partial charge in [-0.05, 0) is 116 Å². The molecule has 63 heavy (non-hydrogen) atoms. The highest BCUT2D eigenvalue weighted by Gasteiger charge is 2.45. The molecule has 296 valence electrons. The number of rotatable bonds is 8. The van der Waals surface area contributed by atoms with Gasteiger partial charge >= 0.3 is 0 Å². The molecular formula is C61H41NO. The zero-order chi connectivity index (χ0) is 41.7. The molecule has 0 bridgehead atoms. The van der Waals surface area contributed by atoms with Crippen molar-refractivity contribution in [2.75, 3.05) is 4.90 Å². The van der Waals surface area contributed by atoms with Gasteiger partial charge in [0, 0.05) is 27.7 Å². The van der Waals surface area contributed by atoms with Crippen LogP contribution in [0.5, 0.6) is 0 Å². The largest absolute Gasteiger partial charge is 0.456 e. The summed E-state index contributed by atoms with van der Waals surface area (Å²) in [5, 5.41) is 2.27. The number of benzene rings is 10. The van der Waals surface area contributed by atoms with E-state index >= 15 is 0 Å². The number of para-hydroxylation sites is 2. The van der Waals surface area contributed by atoms with Crippen molar-refractivity contribution < 1.29 is 4.42 Å². The first-order valence-corrected chi connectivity index (χ1v) is 21.7. The topological polar surface area (TPSA) is 16.4 Å². The molecule has 1 heterocycles. The van der Waals surface area contributed by atoms with Gasteiger partial charge in [0.2, 0.25) is 0 Å². The van der Waals surface area contributed by atoms with E-state index in [1.807, 2.05) is 12.1 Å². The van der Waals surface area contributed by atoms with Gasteiger partial charge in [0.25, 0.3) is 0 Å². The molecule has 10 aromatic carbocycles. The molecule has 0 spiro atoms. The third kappa shape index (κ3) is 6.02. The summed E-state index contributed by atoms with van der Waals surface area (Å²) in [5.41, 5.74) is 19.3. The molecule has 0 saturated carbocycles. The lowest BCUT2D eigenvalue weighted by Crippen LogP contribution is -2.28. The van der Waals surface area contributed by atoms with E-state index in [9.17, 15) is 0 Å². The maximum absolute atomic E-state index is 6.14. The second-order valence-electron chi connectivity index (χ2n) is 16.4. The van der Waals surface area contributed by atoms with Gasteiger partial charge in [0.1, 0.15) is 11.2 Å². The molecule has 11 aromatic rings. The lowest BCUT2D eigenvalue weighted by Gasteiger charge is -2.34. The fourth-order valence-corrected chi connectivity index (χ4v) is 10.1. The van der Waals surface area contributed by atoms with E-state index in [2.05, 4.69) is 241 Å². The van der Waals surface area contributed by atoms with Crippen molar-refractivity contribution in [2.45, 2.75) is 5.41 Å². The van der Waals surface area contributed by atoms with Crippen LogP contribution < -0.4 is 4.90 Å². The van der Waals surface area contributed by atoms with Gasteiger partial charge in [-0.3, -0.25) is 0 Å². The quantitative estimate of drug-likeness (QED) is 0.152. The fraction of sp³-hybridized carbons (Fsp3) is 0.0164. The standard InChI is InChI=1S/C61H41NO/c1-3-16-43(17-4-1)51-22-9-13-28-58(51)62(49-35-30-42(31-36-49)44-18-15-19-45(40-44)46-32-39-60-55(41-46)54-25-10-14-29-59(54)63-60)50-37-33-48(34-38-50)61(47-20-5-2-6-21-47)56-26-11-7-23-52(56)53-24-8-12-27-57(53)61/h1-41H. The molecule has 0 amide bonds. The van der Waals surface area contributed by atoms with Crippen LogP contribution in [0.25, 0.3) is 66.4 Å². The van der Waals surface area contributed by atoms with Crippen LogP contribution in [-0.4, -0.2) is 0 Å². The Labute approximate surface area is 367 Å². The lowest BCUT2D eigenvalue weighted by molar-refractivity contribution is 0.669. The fourth-order valence-electron chi connectivity index (χ4n) is 10.1. The Balaban J connectivity index is 0.967. The van der Waals surface area contributed by atoms with Gasteiger partial charge in [0.05, 0.1) is 11.1 Å². The number of fused-ring (bicyclic) bond motifs is 6. The number of hydrogen-bond donors (Lipinski definition) is 0. The van der Waals surface area contributed by atoms with Crippen molar-refractivity contribution in [3.05, 3.63) is 271 Å². The monoisotopic (exact) mass is 803 g/mol. The van der Waals surface area contributed by atoms with Crippen molar-refractivity contribution in [2.24, 2.45) is 0 Å². The van der Waals surface area contributed by atoms with E-state index < -0.39 is 5.41 Å². The predicted octanol–water partition coefficient (Wildman–Crippen LogP) is 16.4. The maximum atomic E-state index is 6.14. The molecule has 0 N–H and O–H groups in total. The lowest BCUT2D eigenvalue weighted by atomic mass is 9.68. The smallest absolute Gasteiger partial charge is 0.135 e. The Morgan fingerprint density at radius 2 is 0.794 bits per heavy atom. The molecule has 0 atom stereocenters. The van der Waals surface area contributed by atoms with E-state index in [-0.39, 0.29) is 0 Å². The number of anilines is 3. The van der Waals surface area contributed by atoms with Crippen LogP contribution in [-0.2, 0) is 5.41 Å². The van der Waals surface area contributed by atoms with E-state index in [0.29, 0.717) is 0 Å². The highest BCUT2D eigenvalue weighted by Crippen LogP contribution is 2.56. The van der Waals surface area contributed by atoms with Crippen LogP contribution in [0.1, 0.15) is 22.3 Å². The molecule has 2 nitrogen and oxygen atoms in total. The predicted molar refractivity (Wildman–Crippen MR) is 262 cm³/mol. The van der Waals surface area contributed by atoms with Crippen LogP contribution in [0, 0.1) is 0 Å². The molecule has 2 heteroatoms. The first kappa shape index (κ1) is 36.6. The summed E-state index contributed by atoms with van der Waals surface area (Å²) in [6, 6.07) is 90.3. The van der Waals surface area contributed by atoms with Gasteiger partial charge < -0.3 is 9.32 Å². The molecule has 1 aliphatic rings. The summed E-state index contributed by atoms with van der Waals surface area (Å²) >= 11 is 0. The summed E-state index contributed by atoms with van der Waals surface area (Å²) in [6.07, 6.45) is 0. The maximum Gasteiger partial charge on any atom is 0.135 e. The Morgan fingerprint density at radius 3 is 1.51 bits per heavy atom. The average Bonchev–Trinajstić information content (AvgIpc) is 3.89. The number of furan rings is 1. The molecule has 0 saturated heterocycles. The molecule has 1 aromatic heterocycles. The van der Waals surface area contributed by atoms with E-state index in [4.69, 9.17) is 4.42 Å². The van der Waals surface area contributed by atoms with Crippen LogP contribution in [0.15, 0.2) is 253 Å². The minimum absolute atomic E-state index is 0.464. The van der Waals surface area contributed by atoms with E-state index in [1.54, 1.807) is 0 Å². The third-order valence-electron chi connectivity index (χ3n) is 13.0. The van der Waals surface area contributed by atoms with E-state index in [0.717, 1.165) is 44.6 Å². The van der Waals surface area contributed by atoms with Gasteiger partial charge in [-0.1, -0.05) is 194 Å². The highest BCUT2D eigenvalue weighted by molar-refractivity contribution is 6.06. The van der Waals surface area contributed by atoms with Gasteiger partial charge in [-0.15, -0.1) is 0 Å². The third-order valence-corrected chi connectivity index (χ3v) is 13.0. The SMILES string of the molecule is c1ccc(-c2ccccc2N(c2ccc(-c3cccc(-c4ccc5oc6ccccc6c5c4)c3)cc2)c2ccc(C3(c4ccccc4)c4ccccc4-c4ccccc43)cc2)cc1. The van der Waals surface area contributed by atoms with Gasteiger partial charge in [-0.25, -0.2) is 0 Å². The second-order valence-corrected chi connectivity index (χ2v) is 16.4. The van der Waals surface area contributed by atoms with Crippen LogP contribution in [0.3, 0.4) is 0 Å². The molecule has 0 fully saturated rings. The first-order valence-electron chi connectivity index (χ1n) is 21.7. The van der Waals surface area contributed by atoms with Gasteiger partial charge in [0.15, 0.2) is 0 Å². The first-order chi connectivity index (χ1) is 31.2. The van der Waals surface area contributed by atoms with Crippen molar-refractivity contribution in [1.82, 2.24) is 0 Å². The Hall–Kier alpha value is -8.20. The summed E-state index contributed by atoms with van der Waals surface area (Å²) in [5.74, 6) is 0. The average molecular weight is 804 g/mol. The Bertz CT molecular complexity index is 3390. The zero-order valence-electron chi connectivity index (χ0n) is 34.5. The number of hydrogen-bond acceptors (Lipinski definition) is 2. The molecule has 12 rings (SSSR count). The summed E-state index contributed by atoms with van der Waals surface area (Å²) in [4.78, 5) is 2.41. The summed E-state index contributed by atoms with van der Waals surface area (Å²) in [6.45, 7) is 0. The minimum Gasteiger partial charge on any atom is -0.456 e. The van der Waals surface area contributed by atoms with Crippen molar-refractivity contribution in [3.8, 4) is 44.5 Å². The normalized spacial score (nSPS) is 12.6. The molecule has 0 aliphatic heterocycles. The van der Waals surface area contributed by atoms with Crippen LogP contribution in [0.4, 0.5) is 17.1 Å². The molecular weight excluding hydrogens is 763 g/mol. The van der Waals surface area contributed by atoms with Crippen LogP contribution in [0.2, 0.25) is 0 Å². The Kier molecular flexibility index (Phi) is 8.76. The van der Waals surface area contributed by atoms with Crippen molar-refractivity contribution >= 4 is 39.0 Å². The van der Waals surface area contributed by atoms with Crippen molar-refractivity contribution in [3.63, 3.8) is 0 Å². The molecule has 0 unspecified atom stereocenters. The Morgan fingerprint density at radius 1 is 0.302 bits per heavy atom. The summed E-state index contributed by atoms with van der Waals surface area (Å²) in [7, 11) is 0. The van der Waals surface area contributed by atoms with Crippen LogP contribution >= 0.6 is 0 Å². The second kappa shape index (κ2) is 15.1. The van der Waals surface area contributed by atoms with E-state index in [1.165, 1.54) is 61.2 Å². The number of nitrogens with zero attached hydrogens (tertiary/aromatic N) is 1. The summed E-state index contributed by atoms with van der Waals surface area (Å²) < 4.78 is 6.14. The molecule has 0 radical (unpaired) electrons. The van der Waals surface area contributed by atoms with Gasteiger partial charge in [-0.2, -0.15) is 0 Å². The zero-order valence-corrected chi connectivity index (χ0v) is 34.5. The minimum atomic E-state index is -0.464. The highest BCUT2D eigenvalue weighted by atomic mass is 16.3. The molecule has 1 aliphatic carbocycles. The van der Waals surface area contributed by atoms with Crippen molar-refractivity contribution in [1.29, 1.82) is 0 Å².